The Hall–Kier alpha value is -1.59. The molecule has 0 radical (unpaired) electrons. The molecule has 1 aromatic carbocycles. The van der Waals surface area contributed by atoms with Gasteiger partial charge in [0.25, 0.3) is 5.91 Å². The molecule has 0 spiro atoms. The Kier molecular flexibility index (Phi) is 7.06. The van der Waals surface area contributed by atoms with Crippen LogP contribution in [0.15, 0.2) is 30.3 Å². The molecule has 0 aliphatic carbocycles. The van der Waals surface area contributed by atoms with E-state index in [-0.39, 0.29) is 24.2 Å². The lowest BCUT2D eigenvalue weighted by Gasteiger charge is -2.29. The van der Waals surface area contributed by atoms with Crippen LogP contribution >= 0.6 is 12.4 Å². The van der Waals surface area contributed by atoms with E-state index >= 15 is 0 Å². The van der Waals surface area contributed by atoms with Gasteiger partial charge >= 0.3 is 0 Å². The quantitative estimate of drug-likeness (QED) is 0.687. The van der Waals surface area contributed by atoms with Crippen LogP contribution in [0.3, 0.4) is 0 Å². The first-order valence-corrected chi connectivity index (χ1v) is 8.59. The molecule has 2 aliphatic rings. The monoisotopic (exact) mass is 351 g/mol. The molecule has 2 fully saturated rings. The second kappa shape index (κ2) is 9.04. The van der Waals surface area contributed by atoms with Crippen LogP contribution in [0.25, 0.3) is 0 Å². The van der Waals surface area contributed by atoms with Crippen LogP contribution < -0.4 is 16.0 Å². The Bertz CT molecular complexity index is 540. The molecule has 132 valence electrons. The molecule has 2 saturated heterocycles. The molecule has 5 nitrogen and oxygen atoms in total. The maximum Gasteiger partial charge on any atom is 0.251 e. The average molecular weight is 352 g/mol. The highest BCUT2D eigenvalue weighted by Gasteiger charge is 2.33. The highest BCUT2D eigenvalue weighted by Crippen LogP contribution is 2.26. The van der Waals surface area contributed by atoms with Crippen molar-refractivity contribution in [2.45, 2.75) is 56.7 Å². The minimum atomic E-state index is -0.0825. The molecule has 2 unspecified atom stereocenters. The first-order chi connectivity index (χ1) is 11.2. The number of hydrogen-bond acceptors (Lipinski definition) is 3. The summed E-state index contributed by atoms with van der Waals surface area (Å²) in [6.45, 7) is 0.526. The molecule has 1 aromatic rings. The summed E-state index contributed by atoms with van der Waals surface area (Å²) < 4.78 is 0. The maximum atomic E-state index is 12.0. The highest BCUT2D eigenvalue weighted by atomic mass is 35.5. The van der Waals surface area contributed by atoms with Crippen molar-refractivity contribution in [2.24, 2.45) is 0 Å². The summed E-state index contributed by atoms with van der Waals surface area (Å²) in [6.07, 6.45) is 5.71. The van der Waals surface area contributed by atoms with Crippen LogP contribution in [0.4, 0.5) is 0 Å². The van der Waals surface area contributed by atoms with Crippen molar-refractivity contribution in [1.29, 1.82) is 0 Å². The van der Waals surface area contributed by atoms with E-state index in [4.69, 9.17) is 0 Å². The maximum absolute atomic E-state index is 12.0. The SMILES string of the molecule is Cl.O=C(CCCNC(=O)c1ccccc1)NC1CC2CCC(C1)N2. The molecule has 2 amide bonds. The zero-order valence-electron chi connectivity index (χ0n) is 13.8. The van der Waals surface area contributed by atoms with E-state index in [1.54, 1.807) is 12.1 Å². The largest absolute Gasteiger partial charge is 0.353 e. The molecule has 2 heterocycles. The van der Waals surface area contributed by atoms with Crippen molar-refractivity contribution in [1.82, 2.24) is 16.0 Å². The van der Waals surface area contributed by atoms with Gasteiger partial charge < -0.3 is 16.0 Å². The number of rotatable bonds is 6. The lowest BCUT2D eigenvalue weighted by molar-refractivity contribution is -0.122. The van der Waals surface area contributed by atoms with Crippen LogP contribution in [-0.4, -0.2) is 36.5 Å². The number of fused-ring (bicyclic) bond motifs is 2. The lowest BCUT2D eigenvalue weighted by Crippen LogP contribution is -2.48. The van der Waals surface area contributed by atoms with E-state index in [0.717, 1.165) is 12.8 Å². The van der Waals surface area contributed by atoms with Crippen LogP contribution in [-0.2, 0) is 4.79 Å². The summed E-state index contributed by atoms with van der Waals surface area (Å²) in [5.41, 5.74) is 0.655. The van der Waals surface area contributed by atoms with E-state index in [0.29, 0.717) is 43.1 Å². The second-order valence-corrected chi connectivity index (χ2v) is 6.60. The normalized spacial score (nSPS) is 24.8. The van der Waals surface area contributed by atoms with Gasteiger partial charge in [0.15, 0.2) is 0 Å². The Morgan fingerprint density at radius 2 is 1.75 bits per heavy atom. The van der Waals surface area contributed by atoms with Gasteiger partial charge in [0.2, 0.25) is 5.91 Å². The predicted octanol–water partition coefficient (Wildman–Crippen LogP) is 2.02. The van der Waals surface area contributed by atoms with Crippen molar-refractivity contribution in [3.05, 3.63) is 35.9 Å². The van der Waals surface area contributed by atoms with Gasteiger partial charge in [-0.3, -0.25) is 9.59 Å². The molecule has 2 bridgehead atoms. The standard InChI is InChI=1S/C18H25N3O2.ClH/c22-17(21-16-11-14-8-9-15(12-16)20-14)7-4-10-19-18(23)13-5-2-1-3-6-13;/h1-3,5-6,14-16,20H,4,7-12H2,(H,19,23)(H,21,22);1H. The van der Waals surface area contributed by atoms with Gasteiger partial charge in [-0.05, 0) is 44.2 Å². The summed E-state index contributed by atoms with van der Waals surface area (Å²) in [5.74, 6) is 0.0196. The zero-order valence-corrected chi connectivity index (χ0v) is 14.6. The summed E-state index contributed by atoms with van der Waals surface area (Å²) >= 11 is 0. The Morgan fingerprint density at radius 3 is 2.42 bits per heavy atom. The van der Waals surface area contributed by atoms with Crippen LogP contribution in [0, 0.1) is 0 Å². The minimum absolute atomic E-state index is 0. The van der Waals surface area contributed by atoms with E-state index in [1.165, 1.54) is 12.8 Å². The summed E-state index contributed by atoms with van der Waals surface area (Å²) in [4.78, 5) is 23.9. The van der Waals surface area contributed by atoms with Gasteiger partial charge in [0.1, 0.15) is 0 Å². The van der Waals surface area contributed by atoms with Gasteiger partial charge in [-0.2, -0.15) is 0 Å². The number of benzene rings is 1. The van der Waals surface area contributed by atoms with Crippen molar-refractivity contribution in [2.75, 3.05) is 6.54 Å². The van der Waals surface area contributed by atoms with E-state index < -0.39 is 0 Å². The number of nitrogens with one attached hydrogen (secondary N) is 3. The smallest absolute Gasteiger partial charge is 0.251 e. The molecule has 2 atom stereocenters. The third-order valence-corrected chi connectivity index (χ3v) is 4.74. The number of carbonyl (C=O) groups excluding carboxylic acids is 2. The van der Waals surface area contributed by atoms with Gasteiger partial charge in [0, 0.05) is 36.7 Å². The lowest BCUT2D eigenvalue weighted by atomic mass is 9.99. The number of piperidine rings is 1. The third kappa shape index (κ3) is 5.21. The van der Waals surface area contributed by atoms with Crippen molar-refractivity contribution in [3.8, 4) is 0 Å². The van der Waals surface area contributed by atoms with Crippen molar-refractivity contribution < 1.29 is 9.59 Å². The molecular formula is C18H26ClN3O2. The molecule has 6 heteroatoms. The van der Waals surface area contributed by atoms with Gasteiger partial charge in [-0.1, -0.05) is 18.2 Å². The molecular weight excluding hydrogens is 326 g/mol. The van der Waals surface area contributed by atoms with E-state index in [9.17, 15) is 9.59 Å². The van der Waals surface area contributed by atoms with Crippen LogP contribution in [0.1, 0.15) is 48.9 Å². The van der Waals surface area contributed by atoms with E-state index in [1.807, 2.05) is 18.2 Å². The second-order valence-electron chi connectivity index (χ2n) is 6.60. The van der Waals surface area contributed by atoms with Gasteiger partial charge in [0.05, 0.1) is 0 Å². The Morgan fingerprint density at radius 1 is 1.08 bits per heavy atom. The minimum Gasteiger partial charge on any atom is -0.353 e. The summed E-state index contributed by atoms with van der Waals surface area (Å²) in [5, 5.41) is 9.58. The molecule has 0 saturated carbocycles. The molecule has 24 heavy (non-hydrogen) atoms. The summed E-state index contributed by atoms with van der Waals surface area (Å²) in [6, 6.07) is 10.6. The van der Waals surface area contributed by atoms with Crippen molar-refractivity contribution in [3.63, 3.8) is 0 Å². The number of halogens is 1. The average Bonchev–Trinajstić information content (AvgIpc) is 2.91. The van der Waals surface area contributed by atoms with Crippen LogP contribution in [0.2, 0.25) is 0 Å². The first kappa shape index (κ1) is 18.7. The third-order valence-electron chi connectivity index (χ3n) is 4.74. The number of hydrogen-bond donors (Lipinski definition) is 3. The molecule has 0 aromatic heterocycles. The predicted molar refractivity (Wildman–Crippen MR) is 96.4 cm³/mol. The van der Waals surface area contributed by atoms with Gasteiger partial charge in [-0.15, -0.1) is 12.4 Å². The molecule has 3 N–H and O–H groups in total. The highest BCUT2D eigenvalue weighted by molar-refractivity contribution is 5.94. The fraction of sp³-hybridized carbons (Fsp3) is 0.556. The molecule has 3 rings (SSSR count). The number of amides is 2. The number of carbonyl (C=O) groups is 2. The molecule has 2 aliphatic heterocycles. The van der Waals surface area contributed by atoms with E-state index in [2.05, 4.69) is 16.0 Å². The van der Waals surface area contributed by atoms with Crippen molar-refractivity contribution >= 4 is 24.2 Å². The first-order valence-electron chi connectivity index (χ1n) is 8.59. The zero-order chi connectivity index (χ0) is 16.1. The Labute approximate surface area is 149 Å². The summed E-state index contributed by atoms with van der Waals surface area (Å²) in [7, 11) is 0. The topological polar surface area (TPSA) is 70.2 Å². The van der Waals surface area contributed by atoms with Gasteiger partial charge in [-0.25, -0.2) is 0 Å². The fourth-order valence-electron chi connectivity index (χ4n) is 3.62. The van der Waals surface area contributed by atoms with Crippen LogP contribution in [0.5, 0.6) is 0 Å². The fourth-order valence-corrected chi connectivity index (χ4v) is 3.62. The Balaban J connectivity index is 0.00000208.